The molecule has 1 amide bonds. The van der Waals surface area contributed by atoms with Gasteiger partial charge in [0.2, 0.25) is 5.91 Å². The van der Waals surface area contributed by atoms with E-state index in [1.165, 1.54) is 11.3 Å². The fraction of sp³-hybridized carbons (Fsp3) is 0.571. The maximum Gasteiger partial charge on any atom is 0.226 e. The number of rotatable bonds is 4. The van der Waals surface area contributed by atoms with E-state index in [9.17, 15) is 4.79 Å². The van der Waals surface area contributed by atoms with Crippen molar-refractivity contribution in [2.75, 3.05) is 38.5 Å². The summed E-state index contributed by atoms with van der Waals surface area (Å²) in [6, 6.07) is 4.29. The van der Waals surface area contributed by atoms with Crippen LogP contribution in [0, 0.1) is 11.3 Å². The lowest BCUT2D eigenvalue weighted by Crippen LogP contribution is -2.50. The molecule has 0 radical (unpaired) electrons. The first-order valence-electron chi connectivity index (χ1n) is 6.80. The molecule has 0 unspecified atom stereocenters. The van der Waals surface area contributed by atoms with Crippen LogP contribution >= 0.6 is 11.3 Å². The van der Waals surface area contributed by atoms with Crippen molar-refractivity contribution in [2.24, 2.45) is 0 Å². The molecule has 0 bridgehead atoms. The number of likely N-dealkylation sites (N-methyl/N-ethyl adjacent to an activating group) is 1. The average molecular weight is 292 g/mol. The van der Waals surface area contributed by atoms with E-state index in [2.05, 4.69) is 35.2 Å². The summed E-state index contributed by atoms with van der Waals surface area (Å²) in [5.74, 6) is -0.0184. The number of carbonyl (C=O) groups excluding carboxylic acids is 1. The van der Waals surface area contributed by atoms with Crippen molar-refractivity contribution in [1.82, 2.24) is 9.80 Å². The second kappa shape index (κ2) is 6.84. The van der Waals surface area contributed by atoms with Crippen molar-refractivity contribution < 1.29 is 4.79 Å². The third-order valence-electron chi connectivity index (χ3n) is 3.63. The van der Waals surface area contributed by atoms with Crippen LogP contribution in [0.15, 0.2) is 11.4 Å². The smallest absolute Gasteiger partial charge is 0.226 e. The fourth-order valence-electron chi connectivity index (χ4n) is 2.44. The maximum absolute atomic E-state index is 11.9. The van der Waals surface area contributed by atoms with E-state index in [1.807, 2.05) is 5.38 Å². The predicted molar refractivity (Wildman–Crippen MR) is 80.8 cm³/mol. The molecule has 1 fully saturated rings. The highest BCUT2D eigenvalue weighted by atomic mass is 32.1. The Balaban J connectivity index is 1.80. The molecule has 6 heteroatoms. The van der Waals surface area contributed by atoms with Gasteiger partial charge in [-0.25, -0.2) is 0 Å². The molecule has 2 rings (SSSR count). The van der Waals surface area contributed by atoms with E-state index >= 15 is 0 Å². The Morgan fingerprint density at radius 1 is 1.60 bits per heavy atom. The van der Waals surface area contributed by atoms with Gasteiger partial charge >= 0.3 is 0 Å². The van der Waals surface area contributed by atoms with Gasteiger partial charge in [0.1, 0.15) is 11.1 Å². The van der Waals surface area contributed by atoms with Crippen molar-refractivity contribution >= 4 is 22.2 Å². The van der Waals surface area contributed by atoms with E-state index in [0.29, 0.717) is 23.0 Å². The summed E-state index contributed by atoms with van der Waals surface area (Å²) in [6.45, 7) is 6.07. The molecule has 1 aromatic heterocycles. The Morgan fingerprint density at radius 3 is 3.10 bits per heavy atom. The SMILES string of the molecule is C[C@H]1CN(C)CCN1CCC(=O)Nc1sccc1C#N. The molecule has 5 nitrogen and oxygen atoms in total. The van der Waals surface area contributed by atoms with Gasteiger partial charge in [0.15, 0.2) is 0 Å². The quantitative estimate of drug-likeness (QED) is 0.915. The number of amides is 1. The van der Waals surface area contributed by atoms with Crippen molar-refractivity contribution in [2.45, 2.75) is 19.4 Å². The Hall–Kier alpha value is -1.42. The fourth-order valence-corrected chi connectivity index (χ4v) is 3.19. The van der Waals surface area contributed by atoms with Crippen LogP contribution in [-0.2, 0) is 4.79 Å². The summed E-state index contributed by atoms with van der Waals surface area (Å²) in [7, 11) is 2.13. The highest BCUT2D eigenvalue weighted by Crippen LogP contribution is 2.22. The molecule has 0 aliphatic carbocycles. The van der Waals surface area contributed by atoms with E-state index in [-0.39, 0.29) is 5.91 Å². The number of nitrogens with one attached hydrogen (secondary N) is 1. The number of nitrogens with zero attached hydrogens (tertiary/aromatic N) is 3. The lowest BCUT2D eigenvalue weighted by molar-refractivity contribution is -0.116. The zero-order valence-corrected chi connectivity index (χ0v) is 12.7. The molecular formula is C14H20N4OS. The van der Waals surface area contributed by atoms with Crippen molar-refractivity contribution in [1.29, 1.82) is 5.26 Å². The van der Waals surface area contributed by atoms with Gasteiger partial charge in [0.25, 0.3) is 0 Å². The zero-order valence-electron chi connectivity index (χ0n) is 11.9. The predicted octanol–water partition coefficient (Wildman–Crippen LogP) is 1.58. The van der Waals surface area contributed by atoms with Gasteiger partial charge in [-0.2, -0.15) is 5.26 Å². The summed E-state index contributed by atoms with van der Waals surface area (Å²) in [4.78, 5) is 16.6. The Morgan fingerprint density at radius 2 is 2.40 bits per heavy atom. The van der Waals surface area contributed by atoms with Crippen LogP contribution in [0.5, 0.6) is 0 Å². The van der Waals surface area contributed by atoms with Gasteiger partial charge in [-0.3, -0.25) is 9.69 Å². The summed E-state index contributed by atoms with van der Waals surface area (Å²) < 4.78 is 0. The van der Waals surface area contributed by atoms with E-state index in [0.717, 1.165) is 26.2 Å². The molecule has 0 spiro atoms. The summed E-state index contributed by atoms with van der Waals surface area (Å²) >= 11 is 1.39. The first-order valence-corrected chi connectivity index (χ1v) is 7.68. The number of hydrogen-bond acceptors (Lipinski definition) is 5. The molecule has 0 saturated carbocycles. The molecule has 1 aliphatic heterocycles. The third kappa shape index (κ3) is 3.79. The van der Waals surface area contributed by atoms with Gasteiger partial charge in [0, 0.05) is 38.6 Å². The second-order valence-corrected chi connectivity index (χ2v) is 6.14. The van der Waals surface area contributed by atoms with Crippen molar-refractivity contribution in [3.05, 3.63) is 17.0 Å². The largest absolute Gasteiger partial charge is 0.317 e. The van der Waals surface area contributed by atoms with Crippen LogP contribution in [0.1, 0.15) is 18.9 Å². The van der Waals surface area contributed by atoms with Crippen LogP contribution in [-0.4, -0.2) is 55.0 Å². The van der Waals surface area contributed by atoms with Gasteiger partial charge in [-0.05, 0) is 25.4 Å². The Kier molecular flexibility index (Phi) is 5.12. The topological polar surface area (TPSA) is 59.4 Å². The summed E-state index contributed by atoms with van der Waals surface area (Å²) in [5.41, 5.74) is 0.538. The number of hydrogen-bond donors (Lipinski definition) is 1. The van der Waals surface area contributed by atoms with Crippen LogP contribution in [0.2, 0.25) is 0 Å². The zero-order chi connectivity index (χ0) is 14.5. The van der Waals surface area contributed by atoms with Crippen LogP contribution in [0.25, 0.3) is 0 Å². The number of anilines is 1. The second-order valence-electron chi connectivity index (χ2n) is 5.22. The summed E-state index contributed by atoms with van der Waals surface area (Å²) in [6.07, 6.45) is 0.469. The van der Waals surface area contributed by atoms with Crippen molar-refractivity contribution in [3.63, 3.8) is 0 Å². The highest BCUT2D eigenvalue weighted by Gasteiger charge is 2.21. The van der Waals surface area contributed by atoms with Gasteiger partial charge in [0.05, 0.1) is 5.56 Å². The average Bonchev–Trinajstić information content (AvgIpc) is 2.85. The van der Waals surface area contributed by atoms with Crippen LogP contribution in [0.3, 0.4) is 0 Å². The normalized spacial score (nSPS) is 20.6. The molecule has 108 valence electrons. The summed E-state index contributed by atoms with van der Waals surface area (Å²) in [5, 5.41) is 14.2. The number of nitriles is 1. The molecule has 1 aliphatic rings. The van der Waals surface area contributed by atoms with Crippen LogP contribution in [0.4, 0.5) is 5.00 Å². The molecule has 1 aromatic rings. The third-order valence-corrected chi connectivity index (χ3v) is 4.46. The molecule has 0 aromatic carbocycles. The molecule has 1 saturated heterocycles. The molecule has 1 atom stereocenters. The molecule has 1 N–H and O–H groups in total. The first kappa shape index (κ1) is 15.0. The van der Waals surface area contributed by atoms with E-state index in [4.69, 9.17) is 5.26 Å². The minimum atomic E-state index is -0.0184. The Bertz CT molecular complexity index is 508. The minimum absolute atomic E-state index is 0.0184. The van der Waals surface area contributed by atoms with E-state index < -0.39 is 0 Å². The van der Waals surface area contributed by atoms with Crippen LogP contribution < -0.4 is 5.32 Å². The standard InChI is InChI=1S/C14H20N4OS/c1-11-10-17(2)6-7-18(11)5-3-13(19)16-14-12(9-15)4-8-20-14/h4,8,11H,3,5-7,10H2,1-2H3,(H,16,19)/t11-/m0/s1. The monoisotopic (exact) mass is 292 g/mol. The first-order chi connectivity index (χ1) is 9.60. The number of thiophene rings is 1. The van der Waals surface area contributed by atoms with Gasteiger partial charge in [-0.15, -0.1) is 11.3 Å². The molecule has 20 heavy (non-hydrogen) atoms. The lowest BCUT2D eigenvalue weighted by atomic mass is 10.2. The lowest BCUT2D eigenvalue weighted by Gasteiger charge is -2.38. The molecular weight excluding hydrogens is 272 g/mol. The highest BCUT2D eigenvalue weighted by molar-refractivity contribution is 7.14. The van der Waals surface area contributed by atoms with Gasteiger partial charge in [-0.1, -0.05) is 0 Å². The van der Waals surface area contributed by atoms with E-state index in [1.54, 1.807) is 6.07 Å². The van der Waals surface area contributed by atoms with Crippen molar-refractivity contribution in [3.8, 4) is 6.07 Å². The molecule has 2 heterocycles. The minimum Gasteiger partial charge on any atom is -0.317 e. The number of piperazine rings is 1. The maximum atomic E-state index is 11.9. The number of carbonyl (C=O) groups is 1. The Labute approximate surface area is 123 Å². The van der Waals surface area contributed by atoms with Gasteiger partial charge < -0.3 is 10.2 Å².